The highest BCUT2D eigenvalue weighted by Crippen LogP contribution is 2.09. The number of ether oxygens (including phenoxy) is 1. The first-order valence-corrected chi connectivity index (χ1v) is 10.9. The highest BCUT2D eigenvalue weighted by molar-refractivity contribution is 14.0. The molecule has 2 aromatic carbocycles. The number of nitrogens with zero attached hydrogens (tertiary/aromatic N) is 2. The van der Waals surface area contributed by atoms with Crippen molar-refractivity contribution in [3.05, 3.63) is 70.8 Å². The molecular weight excluding hydrogens is 515 g/mol. The minimum absolute atomic E-state index is 0. The smallest absolute Gasteiger partial charge is 0.253 e. The number of rotatable bonds is 10. The maximum Gasteiger partial charge on any atom is 0.253 e. The van der Waals surface area contributed by atoms with Gasteiger partial charge in [0.05, 0.1) is 19.3 Å². The quantitative estimate of drug-likeness (QED) is 0.263. The lowest BCUT2D eigenvalue weighted by molar-refractivity contribution is 0.0657. The van der Waals surface area contributed by atoms with Crippen LogP contribution in [0.4, 0.5) is 0 Å². The molecule has 0 atom stereocenters. The Morgan fingerprint density at radius 3 is 2.34 bits per heavy atom. The van der Waals surface area contributed by atoms with E-state index in [0.29, 0.717) is 18.7 Å². The minimum Gasteiger partial charge on any atom is -0.374 e. The summed E-state index contributed by atoms with van der Waals surface area (Å²) < 4.78 is 5.64. The molecule has 1 amide bonds. The Labute approximate surface area is 209 Å². The first kappa shape index (κ1) is 27.9. The van der Waals surface area contributed by atoms with Crippen molar-refractivity contribution in [3.8, 4) is 0 Å². The summed E-state index contributed by atoms with van der Waals surface area (Å²) in [6.45, 7) is 8.90. The Morgan fingerprint density at radius 2 is 1.72 bits per heavy atom. The van der Waals surface area contributed by atoms with Crippen LogP contribution >= 0.6 is 24.0 Å². The Bertz CT molecular complexity index is 851. The van der Waals surface area contributed by atoms with Gasteiger partial charge in [0.2, 0.25) is 0 Å². The third kappa shape index (κ3) is 9.99. The number of nitrogens with one attached hydrogen (secondary N) is 2. The summed E-state index contributed by atoms with van der Waals surface area (Å²) in [6.07, 6.45) is 1.04. The Balaban J connectivity index is 0.00000512. The van der Waals surface area contributed by atoms with Crippen molar-refractivity contribution in [2.75, 3.05) is 27.2 Å². The van der Waals surface area contributed by atoms with Crippen molar-refractivity contribution in [1.82, 2.24) is 15.5 Å². The number of hydrogen-bond acceptors (Lipinski definition) is 3. The molecule has 0 spiro atoms. The number of guanidine groups is 1. The zero-order valence-electron chi connectivity index (χ0n) is 19.9. The molecule has 2 N–H and O–H groups in total. The van der Waals surface area contributed by atoms with E-state index < -0.39 is 0 Å². The molecule has 0 bridgehead atoms. The topological polar surface area (TPSA) is 66.0 Å². The summed E-state index contributed by atoms with van der Waals surface area (Å²) in [7, 11) is 3.53. The highest BCUT2D eigenvalue weighted by atomic mass is 127. The predicted octanol–water partition coefficient (Wildman–Crippen LogP) is 4.23. The van der Waals surface area contributed by atoms with Crippen LogP contribution in [0.1, 0.15) is 47.8 Å². The van der Waals surface area contributed by atoms with Crippen LogP contribution in [0.2, 0.25) is 0 Å². The molecule has 0 fully saturated rings. The van der Waals surface area contributed by atoms with E-state index in [1.165, 1.54) is 5.56 Å². The fraction of sp³-hybridized carbons (Fsp3) is 0.440. The molecule has 0 unspecified atom stereocenters. The Kier molecular flexibility index (Phi) is 12.9. The Morgan fingerprint density at radius 1 is 1.03 bits per heavy atom. The fourth-order valence-electron chi connectivity index (χ4n) is 2.96. The molecule has 0 saturated carbocycles. The van der Waals surface area contributed by atoms with Crippen LogP contribution in [-0.4, -0.2) is 50.1 Å². The van der Waals surface area contributed by atoms with Crippen LogP contribution in [0.5, 0.6) is 0 Å². The lowest BCUT2D eigenvalue weighted by Crippen LogP contribution is -2.38. The summed E-state index contributed by atoms with van der Waals surface area (Å²) in [6, 6.07) is 16.2. The predicted molar refractivity (Wildman–Crippen MR) is 143 cm³/mol. The average molecular weight is 553 g/mol. The van der Waals surface area contributed by atoms with Gasteiger partial charge in [-0.25, -0.2) is 4.99 Å². The van der Waals surface area contributed by atoms with E-state index in [2.05, 4.69) is 41.8 Å². The second-order valence-electron chi connectivity index (χ2n) is 7.95. The maximum atomic E-state index is 12.1. The van der Waals surface area contributed by atoms with Crippen molar-refractivity contribution in [3.63, 3.8) is 0 Å². The summed E-state index contributed by atoms with van der Waals surface area (Å²) in [5.74, 6) is 0.807. The van der Waals surface area contributed by atoms with Crippen molar-refractivity contribution < 1.29 is 9.53 Å². The van der Waals surface area contributed by atoms with E-state index in [-0.39, 0.29) is 36.0 Å². The minimum atomic E-state index is 0. The number of amides is 1. The van der Waals surface area contributed by atoms with Gasteiger partial charge in [0.25, 0.3) is 5.91 Å². The Hall–Kier alpha value is -2.13. The zero-order chi connectivity index (χ0) is 22.6. The summed E-state index contributed by atoms with van der Waals surface area (Å²) in [5.41, 5.74) is 4.16. The van der Waals surface area contributed by atoms with Crippen molar-refractivity contribution in [2.45, 2.75) is 46.4 Å². The lowest BCUT2D eigenvalue weighted by Gasteiger charge is -2.13. The molecule has 2 aromatic rings. The fourth-order valence-corrected chi connectivity index (χ4v) is 2.96. The second-order valence-corrected chi connectivity index (χ2v) is 7.95. The first-order valence-electron chi connectivity index (χ1n) is 10.9. The van der Waals surface area contributed by atoms with Crippen molar-refractivity contribution in [1.29, 1.82) is 0 Å². The standard InChI is InChI=1S/C25H36N4O2.HI/c1-6-26-25(28-17-21-10-12-22(13-11-21)18-31-19(2)3)27-15-14-20-8-7-9-23(16-20)24(30)29(4)5;/h7-13,16,19H,6,14-15,17-18H2,1-5H3,(H2,26,27,28);1H. The lowest BCUT2D eigenvalue weighted by atomic mass is 10.1. The number of carbonyl (C=O) groups excluding carboxylic acids is 1. The van der Waals surface area contributed by atoms with E-state index in [4.69, 9.17) is 9.73 Å². The summed E-state index contributed by atoms with van der Waals surface area (Å²) >= 11 is 0. The van der Waals surface area contributed by atoms with Gasteiger partial charge >= 0.3 is 0 Å². The molecule has 0 aliphatic rings. The van der Waals surface area contributed by atoms with Gasteiger partial charge in [0.1, 0.15) is 0 Å². The van der Waals surface area contributed by atoms with Gasteiger partial charge < -0.3 is 20.3 Å². The summed E-state index contributed by atoms with van der Waals surface area (Å²) in [4.78, 5) is 18.4. The SMILES string of the molecule is CCNC(=NCc1ccc(COC(C)C)cc1)NCCc1cccc(C(=O)N(C)C)c1.I. The molecule has 6 nitrogen and oxygen atoms in total. The van der Waals surface area contributed by atoms with Crippen LogP contribution in [0.3, 0.4) is 0 Å². The second kappa shape index (κ2) is 14.8. The van der Waals surface area contributed by atoms with E-state index in [1.54, 1.807) is 19.0 Å². The third-order valence-corrected chi connectivity index (χ3v) is 4.66. The van der Waals surface area contributed by atoms with Gasteiger partial charge in [-0.05, 0) is 56.0 Å². The van der Waals surface area contributed by atoms with Crippen LogP contribution in [0, 0.1) is 0 Å². The van der Waals surface area contributed by atoms with E-state index in [9.17, 15) is 4.79 Å². The van der Waals surface area contributed by atoms with E-state index in [1.807, 2.05) is 38.1 Å². The number of aliphatic imine (C=N–C) groups is 1. The first-order chi connectivity index (χ1) is 14.9. The molecule has 32 heavy (non-hydrogen) atoms. The number of benzene rings is 2. The van der Waals surface area contributed by atoms with Gasteiger partial charge in [-0.15, -0.1) is 24.0 Å². The summed E-state index contributed by atoms with van der Waals surface area (Å²) in [5, 5.41) is 6.66. The largest absolute Gasteiger partial charge is 0.374 e. The molecule has 0 heterocycles. The number of halogens is 1. The average Bonchev–Trinajstić information content (AvgIpc) is 2.76. The van der Waals surface area contributed by atoms with Gasteiger partial charge in [0, 0.05) is 32.7 Å². The molecule has 0 saturated heterocycles. The van der Waals surface area contributed by atoms with Crippen molar-refractivity contribution >= 4 is 35.8 Å². The molecule has 7 heteroatoms. The number of carbonyl (C=O) groups is 1. The van der Waals surface area contributed by atoms with Gasteiger partial charge in [-0.2, -0.15) is 0 Å². The van der Waals surface area contributed by atoms with Crippen LogP contribution in [0.25, 0.3) is 0 Å². The van der Waals surface area contributed by atoms with Crippen LogP contribution in [0.15, 0.2) is 53.5 Å². The van der Waals surface area contributed by atoms with Crippen LogP contribution in [-0.2, 0) is 24.3 Å². The van der Waals surface area contributed by atoms with Gasteiger partial charge in [-0.3, -0.25) is 4.79 Å². The van der Waals surface area contributed by atoms with Gasteiger partial charge in [0.15, 0.2) is 5.96 Å². The molecule has 0 aliphatic heterocycles. The monoisotopic (exact) mass is 552 g/mol. The molecule has 0 aromatic heterocycles. The molecule has 2 rings (SSSR count). The molecule has 0 aliphatic carbocycles. The van der Waals surface area contributed by atoms with E-state index in [0.717, 1.165) is 36.6 Å². The normalized spacial score (nSPS) is 11.1. The third-order valence-electron chi connectivity index (χ3n) is 4.66. The highest BCUT2D eigenvalue weighted by Gasteiger charge is 2.08. The van der Waals surface area contributed by atoms with Crippen molar-refractivity contribution in [2.24, 2.45) is 4.99 Å². The molecule has 0 radical (unpaired) electrons. The van der Waals surface area contributed by atoms with Crippen LogP contribution < -0.4 is 10.6 Å². The zero-order valence-corrected chi connectivity index (χ0v) is 22.2. The molecule has 176 valence electrons. The van der Waals surface area contributed by atoms with E-state index >= 15 is 0 Å². The molecular formula is C25H37IN4O2. The maximum absolute atomic E-state index is 12.1. The van der Waals surface area contributed by atoms with Gasteiger partial charge in [-0.1, -0.05) is 36.4 Å². The number of hydrogen-bond donors (Lipinski definition) is 2.